The zero-order chi connectivity index (χ0) is 13.6. The monoisotopic (exact) mass is 297 g/mol. The molecule has 19 heavy (non-hydrogen) atoms. The highest BCUT2D eigenvalue weighted by atomic mass is 32.2. The number of fused-ring (bicyclic) bond motifs is 2. The first-order valence-corrected chi connectivity index (χ1v) is 9.42. The molecule has 0 radical (unpaired) electrons. The van der Waals surface area contributed by atoms with Gasteiger partial charge in [-0.05, 0) is 50.8 Å². The molecule has 2 aliphatic rings. The highest BCUT2D eigenvalue weighted by Crippen LogP contribution is 2.36. The SMILES string of the molecule is CC(C)N1CCCCc2cc3c(cc21)S(=O)CS3=O. The molecule has 0 bridgehead atoms. The first-order chi connectivity index (χ1) is 9.08. The van der Waals surface area contributed by atoms with Crippen molar-refractivity contribution in [1.29, 1.82) is 0 Å². The summed E-state index contributed by atoms with van der Waals surface area (Å²) in [6, 6.07) is 4.53. The van der Waals surface area contributed by atoms with Crippen LogP contribution in [-0.2, 0) is 28.0 Å². The fraction of sp³-hybridized carbons (Fsp3) is 0.571. The summed E-state index contributed by atoms with van der Waals surface area (Å²) in [6.07, 6.45) is 3.39. The third-order valence-electron chi connectivity index (χ3n) is 3.88. The lowest BCUT2D eigenvalue weighted by Crippen LogP contribution is -2.31. The Morgan fingerprint density at radius 3 is 2.47 bits per heavy atom. The number of aryl methyl sites for hydroxylation is 1. The van der Waals surface area contributed by atoms with Gasteiger partial charge in [-0.3, -0.25) is 8.42 Å². The van der Waals surface area contributed by atoms with Crippen molar-refractivity contribution in [3.63, 3.8) is 0 Å². The molecule has 0 aliphatic carbocycles. The summed E-state index contributed by atoms with van der Waals surface area (Å²) in [7, 11) is -2.16. The van der Waals surface area contributed by atoms with Crippen molar-refractivity contribution in [2.75, 3.05) is 16.5 Å². The standard InChI is InChI=1S/C14H19NO2S2/c1-10(2)15-6-4-3-5-11-7-13-14(8-12(11)15)19(17)9-18(13)16/h7-8,10H,3-6,9H2,1-2H3. The summed E-state index contributed by atoms with van der Waals surface area (Å²) in [5.41, 5.74) is 2.48. The second kappa shape index (κ2) is 5.02. The third kappa shape index (κ3) is 2.27. The van der Waals surface area contributed by atoms with Crippen molar-refractivity contribution in [3.05, 3.63) is 17.7 Å². The van der Waals surface area contributed by atoms with Crippen LogP contribution in [0.1, 0.15) is 32.3 Å². The van der Waals surface area contributed by atoms with Gasteiger partial charge in [0.1, 0.15) is 5.08 Å². The van der Waals surface area contributed by atoms with Crippen LogP contribution in [0.5, 0.6) is 0 Å². The van der Waals surface area contributed by atoms with Crippen molar-refractivity contribution < 1.29 is 8.42 Å². The first-order valence-electron chi connectivity index (χ1n) is 6.78. The number of nitrogens with zero attached hydrogens (tertiary/aromatic N) is 1. The van der Waals surface area contributed by atoms with E-state index in [-0.39, 0.29) is 5.08 Å². The van der Waals surface area contributed by atoms with Crippen LogP contribution in [0.25, 0.3) is 0 Å². The van der Waals surface area contributed by atoms with E-state index in [1.807, 2.05) is 12.1 Å². The van der Waals surface area contributed by atoms with E-state index in [9.17, 15) is 8.42 Å². The number of hydrogen-bond donors (Lipinski definition) is 0. The van der Waals surface area contributed by atoms with Crippen LogP contribution in [0.2, 0.25) is 0 Å². The molecule has 0 aromatic heterocycles. The summed E-state index contributed by atoms with van der Waals surface area (Å²) in [5, 5.41) is 0.278. The topological polar surface area (TPSA) is 37.4 Å². The maximum Gasteiger partial charge on any atom is 0.109 e. The van der Waals surface area contributed by atoms with Crippen molar-refractivity contribution in [1.82, 2.24) is 0 Å². The van der Waals surface area contributed by atoms with Gasteiger partial charge in [0.15, 0.2) is 0 Å². The Kier molecular flexibility index (Phi) is 3.52. The molecule has 0 amide bonds. The summed E-state index contributed by atoms with van der Waals surface area (Å²) in [6.45, 7) is 5.44. The van der Waals surface area contributed by atoms with E-state index in [2.05, 4.69) is 18.7 Å². The second-order valence-electron chi connectivity index (χ2n) is 5.48. The zero-order valence-corrected chi connectivity index (χ0v) is 13.0. The normalized spacial score (nSPS) is 26.2. The van der Waals surface area contributed by atoms with E-state index in [0.29, 0.717) is 6.04 Å². The number of anilines is 1. The predicted molar refractivity (Wildman–Crippen MR) is 79.5 cm³/mol. The predicted octanol–water partition coefficient (Wildman–Crippen LogP) is 2.42. The Morgan fingerprint density at radius 2 is 1.79 bits per heavy atom. The van der Waals surface area contributed by atoms with Crippen LogP contribution in [-0.4, -0.2) is 26.1 Å². The molecule has 0 saturated carbocycles. The molecule has 0 spiro atoms. The van der Waals surface area contributed by atoms with Gasteiger partial charge in [0, 0.05) is 18.3 Å². The molecule has 2 heterocycles. The van der Waals surface area contributed by atoms with E-state index in [4.69, 9.17) is 0 Å². The van der Waals surface area contributed by atoms with Crippen LogP contribution >= 0.6 is 0 Å². The van der Waals surface area contributed by atoms with E-state index >= 15 is 0 Å². The average Bonchev–Trinajstić information content (AvgIpc) is 2.55. The fourth-order valence-electron chi connectivity index (χ4n) is 2.89. The second-order valence-corrected chi connectivity index (χ2v) is 8.69. The number of benzene rings is 1. The summed E-state index contributed by atoms with van der Waals surface area (Å²) in [4.78, 5) is 3.99. The lowest BCUT2D eigenvalue weighted by molar-refractivity contribution is 0.652. The minimum absolute atomic E-state index is 0.278. The molecular weight excluding hydrogens is 278 g/mol. The van der Waals surface area contributed by atoms with Crippen molar-refractivity contribution in [2.24, 2.45) is 0 Å². The Hall–Kier alpha value is -0.680. The van der Waals surface area contributed by atoms with Crippen molar-refractivity contribution >= 4 is 27.3 Å². The highest BCUT2D eigenvalue weighted by molar-refractivity contribution is 8.04. The van der Waals surface area contributed by atoms with Gasteiger partial charge in [0.05, 0.1) is 31.4 Å². The maximum absolute atomic E-state index is 12.0. The molecular formula is C14H19NO2S2. The molecule has 5 heteroatoms. The van der Waals surface area contributed by atoms with Crippen LogP contribution < -0.4 is 4.90 Å². The smallest absolute Gasteiger partial charge is 0.109 e. The maximum atomic E-state index is 12.0. The lowest BCUT2D eigenvalue weighted by atomic mass is 10.1. The molecule has 0 saturated heterocycles. The highest BCUT2D eigenvalue weighted by Gasteiger charge is 2.29. The van der Waals surface area contributed by atoms with Crippen LogP contribution in [0.3, 0.4) is 0 Å². The van der Waals surface area contributed by atoms with Crippen molar-refractivity contribution in [2.45, 2.75) is 48.9 Å². The summed E-state index contributed by atoms with van der Waals surface area (Å²) < 4.78 is 24.0. The van der Waals surface area contributed by atoms with Gasteiger partial charge in [0.2, 0.25) is 0 Å². The molecule has 3 nitrogen and oxygen atoms in total. The van der Waals surface area contributed by atoms with Gasteiger partial charge in [-0.2, -0.15) is 0 Å². The molecule has 2 atom stereocenters. The quantitative estimate of drug-likeness (QED) is 0.799. The molecule has 2 aliphatic heterocycles. The largest absolute Gasteiger partial charge is 0.369 e. The molecule has 0 N–H and O–H groups in total. The average molecular weight is 297 g/mol. The van der Waals surface area contributed by atoms with Crippen LogP contribution in [0.4, 0.5) is 5.69 Å². The Labute approximate surface area is 119 Å². The number of hydrogen-bond acceptors (Lipinski definition) is 3. The summed E-state index contributed by atoms with van der Waals surface area (Å²) >= 11 is 0. The lowest BCUT2D eigenvalue weighted by Gasteiger charge is -2.29. The molecule has 104 valence electrons. The van der Waals surface area contributed by atoms with E-state index < -0.39 is 21.6 Å². The molecule has 1 aromatic carbocycles. The Morgan fingerprint density at radius 1 is 1.11 bits per heavy atom. The van der Waals surface area contributed by atoms with E-state index in [1.165, 1.54) is 24.1 Å². The van der Waals surface area contributed by atoms with Gasteiger partial charge >= 0.3 is 0 Å². The van der Waals surface area contributed by atoms with Gasteiger partial charge < -0.3 is 4.90 Å². The minimum Gasteiger partial charge on any atom is -0.369 e. The van der Waals surface area contributed by atoms with Crippen molar-refractivity contribution in [3.8, 4) is 0 Å². The van der Waals surface area contributed by atoms with Gasteiger partial charge in [0.25, 0.3) is 0 Å². The minimum atomic E-state index is -1.09. The third-order valence-corrected chi connectivity index (χ3v) is 7.38. The van der Waals surface area contributed by atoms with Gasteiger partial charge in [-0.15, -0.1) is 0 Å². The Balaban J connectivity index is 2.16. The first kappa shape index (κ1) is 13.3. The fourth-order valence-corrected chi connectivity index (χ4v) is 6.33. The van der Waals surface area contributed by atoms with Gasteiger partial charge in [-0.25, -0.2) is 0 Å². The van der Waals surface area contributed by atoms with Crippen LogP contribution in [0, 0.1) is 0 Å². The molecule has 2 unspecified atom stereocenters. The number of rotatable bonds is 1. The molecule has 1 aromatic rings. The molecule has 0 fully saturated rings. The van der Waals surface area contributed by atoms with E-state index in [0.717, 1.165) is 22.8 Å². The summed E-state index contributed by atoms with van der Waals surface area (Å²) in [5.74, 6) is 0. The van der Waals surface area contributed by atoms with Crippen LogP contribution in [0.15, 0.2) is 21.9 Å². The van der Waals surface area contributed by atoms with E-state index in [1.54, 1.807) is 0 Å². The van der Waals surface area contributed by atoms with Gasteiger partial charge in [-0.1, -0.05) is 0 Å². The molecule has 3 rings (SSSR count). The Bertz CT molecular complexity index is 569. The zero-order valence-electron chi connectivity index (χ0n) is 11.3.